The van der Waals surface area contributed by atoms with E-state index in [1.54, 1.807) is 13.8 Å². The van der Waals surface area contributed by atoms with Crippen LogP contribution in [-0.2, 0) is 0 Å². The molecule has 17 heavy (non-hydrogen) atoms. The summed E-state index contributed by atoms with van der Waals surface area (Å²) in [6.45, 7) is 5.26. The van der Waals surface area contributed by atoms with Crippen LogP contribution in [0.5, 0.6) is 0 Å². The molecular weight excluding hydrogens is 236 g/mol. The molecule has 0 saturated carbocycles. The predicted molar refractivity (Wildman–Crippen MR) is 56.7 cm³/mol. The number of hydrogen-bond donors (Lipinski definition) is 1. The van der Waals surface area contributed by atoms with Crippen molar-refractivity contribution >= 4 is 5.69 Å². The fraction of sp³-hybridized carbons (Fsp3) is 0.545. The summed E-state index contributed by atoms with van der Waals surface area (Å²) in [6.07, 6.45) is 1.36. The van der Waals surface area contributed by atoms with Crippen molar-refractivity contribution < 1.29 is 17.6 Å². The summed E-state index contributed by atoms with van der Waals surface area (Å²) in [5.74, 6) is -6.32. The molecule has 0 aliphatic heterocycles. The first-order valence-electron chi connectivity index (χ1n) is 5.26. The van der Waals surface area contributed by atoms with E-state index in [0.29, 0.717) is 6.42 Å². The van der Waals surface area contributed by atoms with Crippen LogP contribution in [0.4, 0.5) is 23.2 Å². The maximum atomic E-state index is 13.3. The highest BCUT2D eigenvalue weighted by Gasteiger charge is 2.25. The van der Waals surface area contributed by atoms with E-state index in [1.807, 2.05) is 6.92 Å². The van der Waals surface area contributed by atoms with E-state index in [2.05, 4.69) is 10.3 Å². The highest BCUT2D eigenvalue weighted by Crippen LogP contribution is 2.26. The maximum Gasteiger partial charge on any atom is 0.253 e. The van der Waals surface area contributed by atoms with Gasteiger partial charge in [-0.3, -0.25) is 0 Å². The molecule has 1 rings (SSSR count). The van der Waals surface area contributed by atoms with E-state index in [0.717, 1.165) is 6.42 Å². The van der Waals surface area contributed by atoms with Gasteiger partial charge in [0, 0.05) is 5.54 Å². The molecule has 2 nitrogen and oxygen atoms in total. The monoisotopic (exact) mass is 250 g/mol. The van der Waals surface area contributed by atoms with Crippen molar-refractivity contribution in [2.24, 2.45) is 0 Å². The van der Waals surface area contributed by atoms with Crippen molar-refractivity contribution in [3.63, 3.8) is 0 Å². The van der Waals surface area contributed by atoms with Crippen LogP contribution in [0.1, 0.15) is 33.6 Å². The lowest BCUT2D eigenvalue weighted by Crippen LogP contribution is -2.32. The Morgan fingerprint density at radius 1 is 1.06 bits per heavy atom. The third-order valence-electron chi connectivity index (χ3n) is 2.34. The number of rotatable bonds is 4. The molecular formula is C11H14F4N2. The number of pyridine rings is 1. The first-order chi connectivity index (χ1) is 7.78. The van der Waals surface area contributed by atoms with Gasteiger partial charge >= 0.3 is 0 Å². The Morgan fingerprint density at radius 3 is 1.94 bits per heavy atom. The van der Waals surface area contributed by atoms with Crippen molar-refractivity contribution in [1.29, 1.82) is 0 Å². The van der Waals surface area contributed by atoms with E-state index in [4.69, 9.17) is 0 Å². The van der Waals surface area contributed by atoms with E-state index in [9.17, 15) is 17.6 Å². The Hall–Kier alpha value is -1.33. The molecule has 1 heterocycles. The van der Waals surface area contributed by atoms with Crippen LogP contribution < -0.4 is 5.32 Å². The highest BCUT2D eigenvalue weighted by atomic mass is 19.2. The summed E-state index contributed by atoms with van der Waals surface area (Å²) in [5, 5.41) is 2.47. The van der Waals surface area contributed by atoms with Crippen LogP contribution in [-0.4, -0.2) is 10.5 Å². The maximum absolute atomic E-state index is 13.3. The van der Waals surface area contributed by atoms with E-state index >= 15 is 0 Å². The molecule has 96 valence electrons. The third kappa shape index (κ3) is 3.08. The van der Waals surface area contributed by atoms with Crippen LogP contribution >= 0.6 is 0 Å². The van der Waals surface area contributed by atoms with Crippen LogP contribution in [0.15, 0.2) is 0 Å². The number of nitrogens with zero attached hydrogens (tertiary/aromatic N) is 1. The number of halogens is 4. The second-order valence-corrected chi connectivity index (χ2v) is 4.46. The first kappa shape index (κ1) is 13.7. The zero-order chi connectivity index (χ0) is 13.2. The second kappa shape index (κ2) is 4.89. The molecule has 0 aliphatic rings. The predicted octanol–water partition coefficient (Wildman–Crippen LogP) is 3.63. The van der Waals surface area contributed by atoms with Crippen molar-refractivity contribution in [1.82, 2.24) is 4.98 Å². The molecule has 0 bridgehead atoms. The Kier molecular flexibility index (Phi) is 3.95. The van der Waals surface area contributed by atoms with Gasteiger partial charge in [-0.15, -0.1) is 0 Å². The molecule has 0 amide bonds. The molecule has 6 heteroatoms. The summed E-state index contributed by atoms with van der Waals surface area (Å²) in [5.41, 5.74) is -1.48. The van der Waals surface area contributed by atoms with Gasteiger partial charge in [0.1, 0.15) is 5.69 Å². The number of aromatic nitrogens is 1. The van der Waals surface area contributed by atoms with Gasteiger partial charge in [0.25, 0.3) is 11.9 Å². The second-order valence-electron chi connectivity index (χ2n) is 4.46. The Balaban J connectivity index is 3.14. The molecule has 0 aromatic carbocycles. The smallest absolute Gasteiger partial charge is 0.253 e. The molecule has 1 aromatic heterocycles. The number of nitrogens with one attached hydrogen (secondary N) is 1. The zero-order valence-corrected chi connectivity index (χ0v) is 9.87. The summed E-state index contributed by atoms with van der Waals surface area (Å²) >= 11 is 0. The van der Waals surface area contributed by atoms with Gasteiger partial charge < -0.3 is 5.32 Å². The van der Waals surface area contributed by atoms with E-state index < -0.39 is 34.8 Å². The minimum atomic E-state index is -1.65. The topological polar surface area (TPSA) is 24.9 Å². The zero-order valence-electron chi connectivity index (χ0n) is 9.87. The lowest BCUT2D eigenvalue weighted by Gasteiger charge is -2.27. The van der Waals surface area contributed by atoms with Gasteiger partial charge in [0.15, 0.2) is 0 Å². The molecule has 0 fully saturated rings. The van der Waals surface area contributed by atoms with Gasteiger partial charge in [0.2, 0.25) is 11.6 Å². The normalized spacial score (nSPS) is 11.7. The third-order valence-corrected chi connectivity index (χ3v) is 2.34. The van der Waals surface area contributed by atoms with Crippen LogP contribution in [0.25, 0.3) is 0 Å². The summed E-state index contributed by atoms with van der Waals surface area (Å²) < 4.78 is 52.3. The van der Waals surface area contributed by atoms with Crippen LogP contribution in [0.3, 0.4) is 0 Å². The minimum Gasteiger partial charge on any atom is -0.375 e. The van der Waals surface area contributed by atoms with Gasteiger partial charge in [-0.25, -0.2) is 0 Å². The number of hydrogen-bond acceptors (Lipinski definition) is 2. The molecule has 0 spiro atoms. The molecule has 0 radical (unpaired) electrons. The average Bonchev–Trinajstić information content (AvgIpc) is 2.21. The fourth-order valence-corrected chi connectivity index (χ4v) is 1.62. The molecule has 1 aromatic rings. The number of anilines is 1. The van der Waals surface area contributed by atoms with Gasteiger partial charge in [-0.1, -0.05) is 13.3 Å². The van der Waals surface area contributed by atoms with Crippen LogP contribution in [0.2, 0.25) is 0 Å². The molecule has 0 aliphatic carbocycles. The SMILES string of the molecule is CCCC(C)(C)Nc1c(F)c(F)nc(F)c1F. The molecule has 0 unspecified atom stereocenters. The van der Waals surface area contributed by atoms with Gasteiger partial charge in [0.05, 0.1) is 0 Å². The summed E-state index contributed by atoms with van der Waals surface area (Å²) in [4.78, 5) is 2.49. The van der Waals surface area contributed by atoms with Crippen LogP contribution in [0, 0.1) is 23.5 Å². The summed E-state index contributed by atoms with van der Waals surface area (Å²) in [7, 11) is 0. The lowest BCUT2D eigenvalue weighted by molar-refractivity contribution is 0.404. The van der Waals surface area contributed by atoms with Crippen molar-refractivity contribution in [3.05, 3.63) is 23.5 Å². The van der Waals surface area contributed by atoms with E-state index in [1.165, 1.54) is 0 Å². The molecule has 0 saturated heterocycles. The largest absolute Gasteiger partial charge is 0.375 e. The van der Waals surface area contributed by atoms with Gasteiger partial charge in [-0.2, -0.15) is 22.5 Å². The average molecular weight is 250 g/mol. The molecule has 0 atom stereocenters. The van der Waals surface area contributed by atoms with Gasteiger partial charge in [-0.05, 0) is 20.3 Å². The summed E-state index contributed by atoms with van der Waals surface area (Å²) in [6, 6.07) is 0. The van der Waals surface area contributed by atoms with Crippen molar-refractivity contribution in [2.45, 2.75) is 39.2 Å². The minimum absolute atomic E-state index is 0.595. The lowest BCUT2D eigenvalue weighted by atomic mass is 9.98. The highest BCUT2D eigenvalue weighted by molar-refractivity contribution is 5.47. The fourth-order valence-electron chi connectivity index (χ4n) is 1.62. The molecule has 1 N–H and O–H groups in total. The standard InChI is InChI=1S/C11H14F4N2/c1-4-5-11(2,3)17-8-6(12)9(14)16-10(15)7(8)13/h4-5H2,1-3H3,(H,16,17). The van der Waals surface area contributed by atoms with Crippen molar-refractivity contribution in [3.8, 4) is 0 Å². The Bertz CT molecular complexity index is 392. The van der Waals surface area contributed by atoms with E-state index in [-0.39, 0.29) is 0 Å². The van der Waals surface area contributed by atoms with Crippen molar-refractivity contribution in [2.75, 3.05) is 5.32 Å². The quantitative estimate of drug-likeness (QED) is 0.652. The Morgan fingerprint density at radius 2 is 1.53 bits per heavy atom. The first-order valence-corrected chi connectivity index (χ1v) is 5.26. The Labute approximate surface area is 97.1 Å².